The van der Waals surface area contributed by atoms with Crippen LogP contribution in [0.5, 0.6) is 0 Å². The maximum absolute atomic E-state index is 9.37. The molecule has 2 heteroatoms. The van der Waals surface area contributed by atoms with E-state index in [1.54, 1.807) is 0 Å². The lowest BCUT2D eigenvalue weighted by atomic mass is 10.0. The van der Waals surface area contributed by atoms with Crippen molar-refractivity contribution in [3.8, 4) is 0 Å². The molecule has 1 heterocycles. The first kappa shape index (κ1) is 9.75. The van der Waals surface area contributed by atoms with Crippen LogP contribution in [0.2, 0.25) is 0 Å². The normalized spacial score (nSPS) is 37.4. The third-order valence-electron chi connectivity index (χ3n) is 2.26. The highest BCUT2D eigenvalue weighted by atomic mass is 16.5. The topological polar surface area (TPSA) is 29.5 Å². The molecule has 1 rings (SSSR count). The van der Waals surface area contributed by atoms with Crippen LogP contribution < -0.4 is 0 Å². The average Bonchev–Trinajstić information content (AvgIpc) is 2.07. The summed E-state index contributed by atoms with van der Waals surface area (Å²) in [6.07, 6.45) is 7.03. The molecule has 0 spiro atoms. The predicted molar refractivity (Wildman–Crippen MR) is 49.0 cm³/mol. The summed E-state index contributed by atoms with van der Waals surface area (Å²) >= 11 is 0. The number of hydrogen-bond acceptors (Lipinski definition) is 2. The van der Waals surface area contributed by atoms with Crippen molar-refractivity contribution in [3.63, 3.8) is 0 Å². The third kappa shape index (κ3) is 2.61. The van der Waals surface area contributed by atoms with Gasteiger partial charge in [-0.25, -0.2) is 0 Å². The molecule has 1 aliphatic rings. The first-order chi connectivity index (χ1) is 5.74. The quantitative estimate of drug-likeness (QED) is 0.641. The second-order valence-corrected chi connectivity index (χ2v) is 3.36. The molecule has 0 aromatic rings. The third-order valence-corrected chi connectivity index (χ3v) is 2.26. The van der Waals surface area contributed by atoms with Crippen LogP contribution >= 0.6 is 0 Å². The molecule has 0 amide bonds. The molecular weight excluding hydrogens is 152 g/mol. The van der Waals surface area contributed by atoms with Crippen molar-refractivity contribution in [2.45, 2.75) is 51.4 Å². The highest BCUT2D eigenvalue weighted by Gasteiger charge is 2.24. The Bertz CT molecular complexity index is 154. The Morgan fingerprint density at radius 2 is 2.25 bits per heavy atom. The summed E-state index contributed by atoms with van der Waals surface area (Å²) < 4.78 is 5.56. The van der Waals surface area contributed by atoms with Crippen molar-refractivity contribution in [1.29, 1.82) is 0 Å². The van der Waals surface area contributed by atoms with Crippen LogP contribution in [0.3, 0.4) is 0 Å². The number of hydrogen-bond donors (Lipinski definition) is 1. The number of ether oxygens (including phenoxy) is 1. The fraction of sp³-hybridized carbons (Fsp3) is 0.800. The Hall–Kier alpha value is -0.340. The number of allylic oxidation sites excluding steroid dienone is 1. The monoisotopic (exact) mass is 170 g/mol. The molecule has 0 radical (unpaired) electrons. The van der Waals surface area contributed by atoms with Gasteiger partial charge in [0.05, 0.1) is 18.3 Å². The van der Waals surface area contributed by atoms with Crippen molar-refractivity contribution in [3.05, 3.63) is 12.2 Å². The molecule has 12 heavy (non-hydrogen) atoms. The van der Waals surface area contributed by atoms with Crippen LogP contribution in [0.4, 0.5) is 0 Å². The van der Waals surface area contributed by atoms with Gasteiger partial charge in [-0.2, -0.15) is 0 Å². The molecule has 70 valence electrons. The highest BCUT2D eigenvalue weighted by molar-refractivity contribution is 4.92. The lowest BCUT2D eigenvalue weighted by molar-refractivity contribution is -0.0910. The van der Waals surface area contributed by atoms with Gasteiger partial charge in [0.1, 0.15) is 0 Å². The number of rotatable bonds is 2. The van der Waals surface area contributed by atoms with Gasteiger partial charge < -0.3 is 9.84 Å². The summed E-state index contributed by atoms with van der Waals surface area (Å²) in [5, 5.41) is 9.37. The first-order valence-electron chi connectivity index (χ1n) is 4.74. The first-order valence-corrected chi connectivity index (χ1v) is 4.74. The van der Waals surface area contributed by atoms with Gasteiger partial charge in [-0.3, -0.25) is 0 Å². The smallest absolute Gasteiger partial charge is 0.0813 e. The van der Waals surface area contributed by atoms with E-state index in [1.807, 2.05) is 6.92 Å². The molecule has 1 aliphatic heterocycles. The number of aliphatic hydroxyl groups excluding tert-OH is 1. The summed E-state index contributed by atoms with van der Waals surface area (Å²) in [4.78, 5) is 0. The molecule has 0 aromatic heterocycles. The molecule has 3 atom stereocenters. The molecule has 0 aliphatic carbocycles. The summed E-state index contributed by atoms with van der Waals surface area (Å²) in [6.45, 7) is 4.04. The predicted octanol–water partition coefficient (Wildman–Crippen LogP) is 1.88. The van der Waals surface area contributed by atoms with E-state index in [4.69, 9.17) is 4.74 Å². The minimum absolute atomic E-state index is 0.00902. The summed E-state index contributed by atoms with van der Waals surface area (Å²) in [7, 11) is 0. The molecule has 1 N–H and O–H groups in total. The minimum atomic E-state index is -0.267. The van der Waals surface area contributed by atoms with E-state index in [-0.39, 0.29) is 18.3 Å². The molecular formula is C10H18O2. The maximum atomic E-state index is 9.37. The fourth-order valence-corrected chi connectivity index (χ4v) is 1.43. The van der Waals surface area contributed by atoms with Gasteiger partial charge in [0, 0.05) is 0 Å². The van der Waals surface area contributed by atoms with E-state index in [0.717, 1.165) is 19.3 Å². The summed E-state index contributed by atoms with van der Waals surface area (Å²) in [5.74, 6) is 0. The van der Waals surface area contributed by atoms with E-state index < -0.39 is 0 Å². The molecule has 0 aromatic carbocycles. The summed E-state index contributed by atoms with van der Waals surface area (Å²) in [5.41, 5.74) is 0. The molecule has 0 bridgehead atoms. The van der Waals surface area contributed by atoms with Gasteiger partial charge in [0.15, 0.2) is 0 Å². The SMILES string of the molecule is CC/C=C\[C@H]1CC[C@@H](O)C(C)O1. The van der Waals surface area contributed by atoms with E-state index in [2.05, 4.69) is 19.1 Å². The zero-order valence-corrected chi connectivity index (χ0v) is 7.86. The van der Waals surface area contributed by atoms with Gasteiger partial charge in [-0.1, -0.05) is 19.1 Å². The maximum Gasteiger partial charge on any atom is 0.0813 e. The molecule has 1 fully saturated rings. The lowest BCUT2D eigenvalue weighted by Gasteiger charge is -2.30. The van der Waals surface area contributed by atoms with Crippen LogP contribution in [0.1, 0.15) is 33.1 Å². The van der Waals surface area contributed by atoms with Crippen molar-refractivity contribution >= 4 is 0 Å². The van der Waals surface area contributed by atoms with Gasteiger partial charge in [-0.15, -0.1) is 0 Å². The Kier molecular flexibility index (Phi) is 3.76. The number of aliphatic hydroxyl groups is 1. The molecule has 1 saturated heterocycles. The molecule has 0 saturated carbocycles. The van der Waals surface area contributed by atoms with Gasteiger partial charge in [-0.05, 0) is 26.2 Å². The fourth-order valence-electron chi connectivity index (χ4n) is 1.43. The van der Waals surface area contributed by atoms with Crippen LogP contribution in [0.15, 0.2) is 12.2 Å². The van der Waals surface area contributed by atoms with Gasteiger partial charge >= 0.3 is 0 Å². The van der Waals surface area contributed by atoms with Crippen molar-refractivity contribution in [1.82, 2.24) is 0 Å². The zero-order chi connectivity index (χ0) is 8.97. The Morgan fingerprint density at radius 3 is 2.83 bits per heavy atom. The molecule has 1 unspecified atom stereocenters. The molecule has 2 nitrogen and oxygen atoms in total. The van der Waals surface area contributed by atoms with Crippen LogP contribution in [-0.2, 0) is 4.74 Å². The van der Waals surface area contributed by atoms with Crippen LogP contribution in [-0.4, -0.2) is 23.4 Å². The second kappa shape index (κ2) is 4.63. The highest BCUT2D eigenvalue weighted by Crippen LogP contribution is 2.19. The minimum Gasteiger partial charge on any atom is -0.390 e. The van der Waals surface area contributed by atoms with Crippen LogP contribution in [0.25, 0.3) is 0 Å². The van der Waals surface area contributed by atoms with E-state index in [1.165, 1.54) is 0 Å². The van der Waals surface area contributed by atoms with Crippen molar-refractivity contribution in [2.24, 2.45) is 0 Å². The van der Waals surface area contributed by atoms with Gasteiger partial charge in [0.25, 0.3) is 0 Å². The van der Waals surface area contributed by atoms with Gasteiger partial charge in [0.2, 0.25) is 0 Å². The van der Waals surface area contributed by atoms with Crippen molar-refractivity contribution < 1.29 is 9.84 Å². The van der Waals surface area contributed by atoms with Crippen LogP contribution in [0, 0.1) is 0 Å². The van der Waals surface area contributed by atoms with Crippen molar-refractivity contribution in [2.75, 3.05) is 0 Å². The lowest BCUT2D eigenvalue weighted by Crippen LogP contribution is -2.35. The van der Waals surface area contributed by atoms with E-state index in [9.17, 15) is 5.11 Å². The van der Waals surface area contributed by atoms with E-state index in [0.29, 0.717) is 0 Å². The Labute approximate surface area is 74.2 Å². The Balaban J connectivity index is 2.35. The van der Waals surface area contributed by atoms with E-state index >= 15 is 0 Å². The largest absolute Gasteiger partial charge is 0.390 e. The second-order valence-electron chi connectivity index (χ2n) is 3.36. The summed E-state index contributed by atoms with van der Waals surface area (Å²) in [6, 6.07) is 0. The standard InChI is InChI=1S/C10H18O2/c1-3-4-5-9-6-7-10(11)8(2)12-9/h4-5,8-11H,3,6-7H2,1-2H3/b5-4-/t8?,9-,10+/m0/s1. The Morgan fingerprint density at radius 1 is 1.50 bits per heavy atom. The average molecular weight is 170 g/mol. The zero-order valence-electron chi connectivity index (χ0n) is 7.86.